The minimum absolute atomic E-state index is 0.0601. The van der Waals surface area contributed by atoms with Gasteiger partial charge in [0.2, 0.25) is 5.91 Å². The maximum Gasteiger partial charge on any atom is 0.420 e. The third-order valence-corrected chi connectivity index (χ3v) is 5.72. The van der Waals surface area contributed by atoms with Crippen molar-refractivity contribution in [2.45, 2.75) is 37.5 Å². The molecule has 1 aliphatic rings. The third kappa shape index (κ3) is 6.26. The molecule has 2 N–H and O–H groups in total. The van der Waals surface area contributed by atoms with Crippen molar-refractivity contribution in [2.75, 3.05) is 7.11 Å². The fourth-order valence-electron chi connectivity index (χ4n) is 3.52. The van der Waals surface area contributed by atoms with E-state index in [0.717, 1.165) is 6.07 Å². The van der Waals surface area contributed by atoms with E-state index >= 15 is 0 Å². The molecule has 1 fully saturated rings. The molecule has 0 radical (unpaired) electrons. The zero-order valence-electron chi connectivity index (χ0n) is 19.8. The van der Waals surface area contributed by atoms with Crippen LogP contribution in [0.5, 0.6) is 23.0 Å². The van der Waals surface area contributed by atoms with Crippen LogP contribution in [-0.2, 0) is 11.0 Å². The number of carbonyl (C=O) groups excluding carboxylic acids is 2. The number of carbonyl (C=O) groups is 2. The van der Waals surface area contributed by atoms with Gasteiger partial charge in [-0.15, -0.1) is 0 Å². The van der Waals surface area contributed by atoms with Gasteiger partial charge in [0.05, 0.1) is 25.5 Å². The second kappa shape index (κ2) is 10.3. The molecule has 1 aliphatic carbocycles. The number of aromatic nitrogens is 2. The summed E-state index contributed by atoms with van der Waals surface area (Å²) in [7, 11) is 1.28. The van der Waals surface area contributed by atoms with Crippen LogP contribution in [0.4, 0.5) is 18.0 Å². The van der Waals surface area contributed by atoms with E-state index in [-0.39, 0.29) is 28.9 Å². The molecule has 1 heterocycles. The first kappa shape index (κ1) is 25.7. The molecule has 194 valence electrons. The molecule has 4 rings (SSSR count). The van der Waals surface area contributed by atoms with Crippen molar-refractivity contribution in [2.24, 2.45) is 0 Å². The number of alkyl halides is 3. The van der Waals surface area contributed by atoms with Crippen LogP contribution in [0.15, 0.2) is 61.2 Å². The first-order valence-corrected chi connectivity index (χ1v) is 11.2. The van der Waals surface area contributed by atoms with Gasteiger partial charge in [-0.1, -0.05) is 12.1 Å². The Kier molecular flexibility index (Phi) is 7.18. The van der Waals surface area contributed by atoms with Gasteiger partial charge in [0, 0.05) is 0 Å². The van der Waals surface area contributed by atoms with Crippen molar-refractivity contribution >= 4 is 12.0 Å². The monoisotopic (exact) mass is 516 g/mol. The number of benzene rings is 2. The quantitative estimate of drug-likeness (QED) is 0.443. The summed E-state index contributed by atoms with van der Waals surface area (Å²) >= 11 is 0. The molecule has 3 aromatic rings. The molecule has 2 amide bonds. The van der Waals surface area contributed by atoms with E-state index in [2.05, 4.69) is 20.6 Å². The zero-order valence-corrected chi connectivity index (χ0v) is 19.8. The van der Waals surface area contributed by atoms with E-state index < -0.39 is 29.4 Å². The van der Waals surface area contributed by atoms with Crippen LogP contribution in [0.1, 0.15) is 36.9 Å². The number of hydrogen-bond acceptors (Lipinski definition) is 7. The average Bonchev–Trinajstić information content (AvgIpc) is 3.65. The van der Waals surface area contributed by atoms with Gasteiger partial charge in [0.1, 0.15) is 34.7 Å². The highest BCUT2D eigenvalue weighted by Crippen LogP contribution is 2.40. The molecule has 37 heavy (non-hydrogen) atoms. The fourth-order valence-corrected chi connectivity index (χ4v) is 3.52. The highest BCUT2D eigenvalue weighted by atomic mass is 19.4. The lowest BCUT2D eigenvalue weighted by atomic mass is 10.1. The van der Waals surface area contributed by atoms with Crippen molar-refractivity contribution in [3.63, 3.8) is 0 Å². The summed E-state index contributed by atoms with van der Waals surface area (Å²) in [5, 5.41) is 5.43. The Morgan fingerprint density at radius 2 is 1.65 bits per heavy atom. The van der Waals surface area contributed by atoms with E-state index in [9.17, 15) is 22.8 Å². The molecule has 0 bridgehead atoms. The van der Waals surface area contributed by atoms with Crippen LogP contribution in [0.2, 0.25) is 0 Å². The SMILES string of the molecule is COc1ccc(Oc2ccc(C(C)NC(=O)C3(NC(=O)Oc4cncnc4)CC3)cc2)c(C(F)(F)F)c1. The zero-order chi connectivity index (χ0) is 26.6. The van der Waals surface area contributed by atoms with E-state index in [1.807, 2.05) is 0 Å². The Hall–Kier alpha value is -4.35. The fraction of sp³-hybridized carbons (Fsp3) is 0.280. The smallest absolute Gasteiger partial charge is 0.420 e. The van der Waals surface area contributed by atoms with E-state index in [0.29, 0.717) is 18.4 Å². The number of amides is 2. The first-order valence-electron chi connectivity index (χ1n) is 11.2. The average molecular weight is 516 g/mol. The van der Waals surface area contributed by atoms with Gasteiger partial charge in [0.15, 0.2) is 5.75 Å². The predicted molar refractivity (Wildman–Crippen MR) is 124 cm³/mol. The topological polar surface area (TPSA) is 112 Å². The standard InChI is InChI=1S/C25H23F3N4O5/c1-15(31-22(33)24(9-10-24)32-23(34)37-19-12-29-14-30-13-19)16-3-5-17(6-4-16)36-21-8-7-18(35-2)11-20(21)25(26,27)28/h3-8,11-15H,9-10H2,1-2H3,(H,31,33)(H,32,34). The van der Waals surface area contributed by atoms with Gasteiger partial charge < -0.3 is 24.8 Å². The number of hydrogen-bond donors (Lipinski definition) is 2. The summed E-state index contributed by atoms with van der Waals surface area (Å²) in [5.74, 6) is -0.354. The maximum absolute atomic E-state index is 13.4. The highest BCUT2D eigenvalue weighted by Gasteiger charge is 2.52. The number of methoxy groups -OCH3 is 1. The lowest BCUT2D eigenvalue weighted by molar-refractivity contribution is -0.138. The summed E-state index contributed by atoms with van der Waals surface area (Å²) in [4.78, 5) is 32.5. The van der Waals surface area contributed by atoms with E-state index in [1.54, 1.807) is 19.1 Å². The Morgan fingerprint density at radius 1 is 1.00 bits per heavy atom. The summed E-state index contributed by atoms with van der Waals surface area (Å²) in [5.41, 5.74) is -1.35. The Bertz CT molecular complexity index is 1270. The van der Waals surface area contributed by atoms with Crippen molar-refractivity contribution < 1.29 is 37.0 Å². The molecule has 9 nitrogen and oxygen atoms in total. The Balaban J connectivity index is 1.37. The van der Waals surface area contributed by atoms with Crippen LogP contribution in [0, 0.1) is 0 Å². The highest BCUT2D eigenvalue weighted by molar-refractivity contribution is 5.93. The molecule has 1 unspecified atom stereocenters. The van der Waals surface area contributed by atoms with Gasteiger partial charge in [-0.05, 0) is 55.7 Å². The molecular weight excluding hydrogens is 493 g/mol. The van der Waals surface area contributed by atoms with Crippen LogP contribution >= 0.6 is 0 Å². The molecule has 1 atom stereocenters. The normalized spacial score (nSPS) is 14.7. The summed E-state index contributed by atoms with van der Waals surface area (Å²) in [6.45, 7) is 1.74. The van der Waals surface area contributed by atoms with Gasteiger partial charge in [0.25, 0.3) is 0 Å². The Morgan fingerprint density at radius 3 is 2.24 bits per heavy atom. The summed E-state index contributed by atoms with van der Waals surface area (Å²) < 4.78 is 55.7. The molecule has 2 aromatic carbocycles. The number of nitrogens with one attached hydrogen (secondary N) is 2. The van der Waals surface area contributed by atoms with Crippen molar-refractivity contribution in [3.05, 3.63) is 72.3 Å². The van der Waals surface area contributed by atoms with Crippen molar-refractivity contribution in [1.82, 2.24) is 20.6 Å². The molecule has 12 heteroatoms. The molecule has 1 aromatic heterocycles. The maximum atomic E-state index is 13.4. The van der Waals surface area contributed by atoms with Gasteiger partial charge >= 0.3 is 12.3 Å². The third-order valence-electron chi connectivity index (χ3n) is 5.72. The Labute approximate surface area is 210 Å². The summed E-state index contributed by atoms with van der Waals surface area (Å²) in [6.07, 6.45) is -0.602. The molecule has 0 saturated heterocycles. The lowest BCUT2D eigenvalue weighted by Gasteiger charge is -2.21. The molecule has 0 aliphatic heterocycles. The number of rotatable bonds is 8. The largest absolute Gasteiger partial charge is 0.497 e. The second-order valence-corrected chi connectivity index (χ2v) is 8.40. The minimum Gasteiger partial charge on any atom is -0.497 e. The molecule has 1 saturated carbocycles. The van der Waals surface area contributed by atoms with E-state index in [1.165, 1.54) is 50.1 Å². The van der Waals surface area contributed by atoms with Crippen LogP contribution in [0.25, 0.3) is 0 Å². The lowest BCUT2D eigenvalue weighted by Crippen LogP contribution is -2.50. The van der Waals surface area contributed by atoms with Crippen LogP contribution in [-0.4, -0.2) is 34.6 Å². The van der Waals surface area contributed by atoms with Gasteiger partial charge in [-0.3, -0.25) is 4.79 Å². The van der Waals surface area contributed by atoms with Gasteiger partial charge in [-0.2, -0.15) is 13.2 Å². The second-order valence-electron chi connectivity index (χ2n) is 8.40. The van der Waals surface area contributed by atoms with Crippen LogP contribution < -0.4 is 24.8 Å². The molecule has 0 spiro atoms. The number of halogens is 3. The molecular formula is C25H23F3N4O5. The predicted octanol–water partition coefficient (Wildman–Crippen LogP) is 4.79. The van der Waals surface area contributed by atoms with Crippen LogP contribution in [0.3, 0.4) is 0 Å². The number of nitrogens with zero attached hydrogens (tertiary/aromatic N) is 2. The van der Waals surface area contributed by atoms with E-state index in [4.69, 9.17) is 14.2 Å². The first-order chi connectivity index (χ1) is 17.6. The summed E-state index contributed by atoms with van der Waals surface area (Å²) in [6, 6.07) is 9.26. The number of ether oxygens (including phenoxy) is 3. The van der Waals surface area contributed by atoms with Gasteiger partial charge in [-0.25, -0.2) is 14.8 Å². The minimum atomic E-state index is -4.63. The van der Waals surface area contributed by atoms with Crippen molar-refractivity contribution in [1.29, 1.82) is 0 Å². The van der Waals surface area contributed by atoms with Crippen molar-refractivity contribution in [3.8, 4) is 23.0 Å².